The second kappa shape index (κ2) is 7.45. The lowest BCUT2D eigenvalue weighted by Crippen LogP contribution is -2.20. The van der Waals surface area contributed by atoms with Crippen LogP contribution in [0.25, 0.3) is 0 Å². The molecular weight excluding hydrogens is 284 g/mol. The van der Waals surface area contributed by atoms with E-state index in [0.717, 1.165) is 41.9 Å². The largest absolute Gasteiger partial charge is 0.396 e. The topological polar surface area (TPSA) is 61.3 Å². The molecule has 0 spiro atoms. The van der Waals surface area contributed by atoms with Crippen molar-refractivity contribution in [3.05, 3.63) is 10.8 Å². The van der Waals surface area contributed by atoms with Crippen LogP contribution in [-0.2, 0) is 0 Å². The summed E-state index contributed by atoms with van der Waals surface area (Å²) < 4.78 is 0.882. The molecule has 0 saturated carbocycles. The van der Waals surface area contributed by atoms with Crippen molar-refractivity contribution in [3.8, 4) is 0 Å². The number of halogens is 1. The van der Waals surface area contributed by atoms with Crippen LogP contribution in [0.5, 0.6) is 0 Å². The Morgan fingerprint density at radius 2 is 2.12 bits per heavy atom. The molecule has 96 valence electrons. The lowest BCUT2D eigenvalue weighted by atomic mass is 10.2. The monoisotopic (exact) mass is 302 g/mol. The summed E-state index contributed by atoms with van der Waals surface area (Å²) in [4.78, 5) is 10.5. The molecule has 0 bridgehead atoms. The van der Waals surface area contributed by atoms with Gasteiger partial charge in [-0.25, -0.2) is 9.97 Å². The smallest absolute Gasteiger partial charge is 0.148 e. The summed E-state index contributed by atoms with van der Waals surface area (Å²) in [6.07, 6.45) is 4.49. The number of nitrogens with one attached hydrogen (secondary N) is 1. The normalized spacial score (nSPS) is 10.4. The van der Waals surface area contributed by atoms with Gasteiger partial charge >= 0.3 is 0 Å². The minimum absolute atomic E-state index is 0.269. The van der Waals surface area contributed by atoms with Gasteiger partial charge in [-0.3, -0.25) is 0 Å². The van der Waals surface area contributed by atoms with Crippen LogP contribution in [0.4, 0.5) is 11.6 Å². The van der Waals surface area contributed by atoms with E-state index in [4.69, 9.17) is 5.11 Å². The molecular formula is C11H19BrN4O. The zero-order valence-corrected chi connectivity index (χ0v) is 11.9. The summed E-state index contributed by atoms with van der Waals surface area (Å²) >= 11 is 3.50. The second-order valence-electron chi connectivity index (χ2n) is 3.82. The van der Waals surface area contributed by atoms with Crippen molar-refractivity contribution in [1.82, 2.24) is 9.97 Å². The SMILES string of the molecule is CNc1ncnc(N(C)CCCCCO)c1Br. The van der Waals surface area contributed by atoms with Crippen LogP contribution < -0.4 is 10.2 Å². The molecule has 17 heavy (non-hydrogen) atoms. The number of unbranched alkanes of at least 4 members (excludes halogenated alkanes) is 2. The summed E-state index contributed by atoms with van der Waals surface area (Å²) in [5, 5.41) is 11.7. The third kappa shape index (κ3) is 4.12. The van der Waals surface area contributed by atoms with Gasteiger partial charge in [0.2, 0.25) is 0 Å². The average molecular weight is 303 g/mol. The van der Waals surface area contributed by atoms with Gasteiger partial charge in [0.05, 0.1) is 0 Å². The Morgan fingerprint density at radius 1 is 1.35 bits per heavy atom. The van der Waals surface area contributed by atoms with E-state index in [0.29, 0.717) is 0 Å². The zero-order valence-electron chi connectivity index (χ0n) is 10.3. The number of aliphatic hydroxyl groups is 1. The Hall–Kier alpha value is -0.880. The van der Waals surface area contributed by atoms with Crippen LogP contribution in [0.2, 0.25) is 0 Å². The number of hydrogen-bond acceptors (Lipinski definition) is 5. The lowest BCUT2D eigenvalue weighted by molar-refractivity contribution is 0.283. The number of rotatable bonds is 7. The van der Waals surface area contributed by atoms with Crippen LogP contribution in [0, 0.1) is 0 Å². The molecule has 1 aromatic heterocycles. The molecule has 1 aromatic rings. The number of anilines is 2. The lowest BCUT2D eigenvalue weighted by Gasteiger charge is -2.20. The van der Waals surface area contributed by atoms with Gasteiger partial charge in [-0.05, 0) is 35.2 Å². The molecule has 6 heteroatoms. The van der Waals surface area contributed by atoms with E-state index >= 15 is 0 Å². The van der Waals surface area contributed by atoms with Crippen LogP contribution in [-0.4, -0.2) is 42.3 Å². The van der Waals surface area contributed by atoms with Crippen molar-refractivity contribution in [1.29, 1.82) is 0 Å². The fourth-order valence-corrected chi connectivity index (χ4v) is 2.25. The van der Waals surface area contributed by atoms with E-state index < -0.39 is 0 Å². The molecule has 0 aliphatic carbocycles. The Labute approximate surface area is 110 Å². The van der Waals surface area contributed by atoms with Gasteiger partial charge in [0.15, 0.2) is 0 Å². The van der Waals surface area contributed by atoms with Gasteiger partial charge in [0, 0.05) is 27.2 Å². The number of nitrogens with zero attached hydrogens (tertiary/aromatic N) is 3. The molecule has 5 nitrogen and oxygen atoms in total. The van der Waals surface area contributed by atoms with Crippen molar-refractivity contribution in [2.45, 2.75) is 19.3 Å². The first kappa shape index (κ1) is 14.2. The van der Waals surface area contributed by atoms with Crippen molar-refractivity contribution < 1.29 is 5.11 Å². The van der Waals surface area contributed by atoms with Crippen molar-refractivity contribution in [2.75, 3.05) is 37.5 Å². The summed E-state index contributed by atoms with van der Waals surface area (Å²) in [7, 11) is 3.84. The third-order valence-corrected chi connectivity index (χ3v) is 3.25. The van der Waals surface area contributed by atoms with Crippen molar-refractivity contribution >= 4 is 27.6 Å². The molecule has 0 amide bonds. The first-order valence-electron chi connectivity index (χ1n) is 5.71. The molecule has 0 aromatic carbocycles. The van der Waals surface area contributed by atoms with Gasteiger partial charge in [-0.2, -0.15) is 0 Å². The molecule has 0 aliphatic rings. The first-order valence-corrected chi connectivity index (χ1v) is 6.50. The molecule has 0 atom stereocenters. The highest BCUT2D eigenvalue weighted by Crippen LogP contribution is 2.28. The Kier molecular flexibility index (Phi) is 6.21. The minimum atomic E-state index is 0.269. The fraction of sp³-hybridized carbons (Fsp3) is 0.636. The van der Waals surface area contributed by atoms with E-state index in [1.165, 1.54) is 0 Å². The van der Waals surface area contributed by atoms with Gasteiger partial charge < -0.3 is 15.3 Å². The highest BCUT2D eigenvalue weighted by molar-refractivity contribution is 9.10. The first-order chi connectivity index (χ1) is 8.20. The zero-order chi connectivity index (χ0) is 12.7. The minimum Gasteiger partial charge on any atom is -0.396 e. The van der Waals surface area contributed by atoms with Gasteiger partial charge in [0.1, 0.15) is 22.4 Å². The predicted octanol–water partition coefficient (Wildman–Crippen LogP) is 1.88. The summed E-state index contributed by atoms with van der Waals surface area (Å²) in [5.41, 5.74) is 0. The van der Waals surface area contributed by atoms with Crippen molar-refractivity contribution in [3.63, 3.8) is 0 Å². The van der Waals surface area contributed by atoms with E-state index in [1.807, 2.05) is 14.1 Å². The highest BCUT2D eigenvalue weighted by atomic mass is 79.9. The maximum Gasteiger partial charge on any atom is 0.148 e. The molecule has 0 radical (unpaired) electrons. The molecule has 0 unspecified atom stereocenters. The Balaban J connectivity index is 2.59. The van der Waals surface area contributed by atoms with E-state index in [9.17, 15) is 0 Å². The average Bonchev–Trinajstić information content (AvgIpc) is 2.34. The Morgan fingerprint density at radius 3 is 2.76 bits per heavy atom. The molecule has 0 aliphatic heterocycles. The Bertz CT molecular complexity index is 348. The van der Waals surface area contributed by atoms with E-state index in [2.05, 4.69) is 36.1 Å². The molecule has 0 saturated heterocycles. The number of aliphatic hydroxyl groups excluding tert-OH is 1. The standard InChI is InChI=1S/C11H19BrN4O/c1-13-10-9(12)11(15-8-14-10)16(2)6-4-3-5-7-17/h8,17H,3-7H2,1-2H3,(H,13,14,15). The molecule has 1 rings (SSSR count). The van der Waals surface area contributed by atoms with Gasteiger partial charge in [-0.15, -0.1) is 0 Å². The predicted molar refractivity (Wildman–Crippen MR) is 73.5 cm³/mol. The third-order valence-electron chi connectivity index (χ3n) is 2.52. The number of aromatic nitrogens is 2. The number of hydrogen-bond donors (Lipinski definition) is 2. The molecule has 2 N–H and O–H groups in total. The maximum atomic E-state index is 8.71. The summed E-state index contributed by atoms with van der Waals surface area (Å²) in [6, 6.07) is 0. The second-order valence-corrected chi connectivity index (χ2v) is 4.61. The van der Waals surface area contributed by atoms with E-state index in [1.54, 1.807) is 6.33 Å². The van der Waals surface area contributed by atoms with Crippen molar-refractivity contribution in [2.24, 2.45) is 0 Å². The summed E-state index contributed by atoms with van der Waals surface area (Å²) in [5.74, 6) is 1.67. The van der Waals surface area contributed by atoms with Crippen LogP contribution in [0.1, 0.15) is 19.3 Å². The molecule has 1 heterocycles. The fourth-order valence-electron chi connectivity index (χ4n) is 1.54. The maximum absolute atomic E-state index is 8.71. The summed E-state index contributed by atoms with van der Waals surface area (Å²) in [6.45, 7) is 1.18. The molecule has 0 fully saturated rings. The van der Waals surface area contributed by atoms with Gasteiger partial charge in [0.25, 0.3) is 0 Å². The highest BCUT2D eigenvalue weighted by Gasteiger charge is 2.11. The quantitative estimate of drug-likeness (QED) is 0.753. The van der Waals surface area contributed by atoms with Crippen LogP contribution >= 0.6 is 15.9 Å². The van der Waals surface area contributed by atoms with E-state index in [-0.39, 0.29) is 6.61 Å². The van der Waals surface area contributed by atoms with Gasteiger partial charge in [-0.1, -0.05) is 0 Å². The van der Waals surface area contributed by atoms with Crippen LogP contribution in [0.3, 0.4) is 0 Å². The van der Waals surface area contributed by atoms with Crippen LogP contribution in [0.15, 0.2) is 10.8 Å².